The number of carbonyl (C=O) groups is 2. The van der Waals surface area contributed by atoms with Gasteiger partial charge in [-0.25, -0.2) is 0 Å². The van der Waals surface area contributed by atoms with Crippen LogP contribution in [0.2, 0.25) is 0 Å². The zero-order chi connectivity index (χ0) is 16.2. The van der Waals surface area contributed by atoms with E-state index in [4.69, 9.17) is 9.84 Å². The Morgan fingerprint density at radius 3 is 2.36 bits per heavy atom. The maximum Gasteiger partial charge on any atom is 0.305 e. The summed E-state index contributed by atoms with van der Waals surface area (Å²) in [7, 11) is 0. The van der Waals surface area contributed by atoms with Gasteiger partial charge in [-0.1, -0.05) is 18.2 Å². The lowest BCUT2D eigenvalue weighted by Gasteiger charge is -2.37. The van der Waals surface area contributed by atoms with Crippen LogP contribution in [0.1, 0.15) is 36.0 Å². The zero-order valence-electron chi connectivity index (χ0n) is 13.1. The SMILES string of the molecule is Cc1cccc(C)c1CC(=O)NC1(CC(=O)O)CCOCC1. The number of ether oxygens (including phenoxy) is 1. The minimum Gasteiger partial charge on any atom is -0.481 e. The molecule has 0 spiro atoms. The van der Waals surface area contributed by atoms with Crippen LogP contribution >= 0.6 is 0 Å². The van der Waals surface area contributed by atoms with Crippen molar-refractivity contribution in [1.82, 2.24) is 5.32 Å². The molecule has 1 fully saturated rings. The summed E-state index contributed by atoms with van der Waals surface area (Å²) in [6, 6.07) is 5.94. The molecule has 0 aromatic heterocycles. The van der Waals surface area contributed by atoms with E-state index in [9.17, 15) is 9.59 Å². The highest BCUT2D eigenvalue weighted by Crippen LogP contribution is 2.25. The van der Waals surface area contributed by atoms with Gasteiger partial charge in [0.15, 0.2) is 0 Å². The molecule has 1 heterocycles. The molecule has 0 atom stereocenters. The highest BCUT2D eigenvalue weighted by Gasteiger charge is 2.36. The zero-order valence-corrected chi connectivity index (χ0v) is 13.1. The monoisotopic (exact) mass is 305 g/mol. The predicted octanol–water partition coefficient (Wildman–Crippen LogP) is 1.99. The van der Waals surface area contributed by atoms with Gasteiger partial charge in [0.25, 0.3) is 0 Å². The fraction of sp³-hybridized carbons (Fsp3) is 0.529. The molecule has 1 aromatic rings. The second kappa shape index (κ2) is 6.92. The first-order valence-electron chi connectivity index (χ1n) is 7.57. The van der Waals surface area contributed by atoms with E-state index < -0.39 is 11.5 Å². The molecular formula is C17H23NO4. The van der Waals surface area contributed by atoms with Crippen molar-refractivity contribution in [1.29, 1.82) is 0 Å². The van der Waals surface area contributed by atoms with Crippen LogP contribution < -0.4 is 5.32 Å². The third-order valence-electron chi connectivity index (χ3n) is 4.33. The Morgan fingerprint density at radius 2 is 1.82 bits per heavy atom. The summed E-state index contributed by atoms with van der Waals surface area (Å²) in [5.41, 5.74) is 2.49. The van der Waals surface area contributed by atoms with E-state index >= 15 is 0 Å². The van der Waals surface area contributed by atoms with E-state index in [1.165, 1.54) is 0 Å². The first-order chi connectivity index (χ1) is 10.4. The topological polar surface area (TPSA) is 75.6 Å². The number of amides is 1. The summed E-state index contributed by atoms with van der Waals surface area (Å²) in [6.07, 6.45) is 1.30. The number of rotatable bonds is 5. The van der Waals surface area contributed by atoms with Crippen LogP contribution in [0.15, 0.2) is 18.2 Å². The van der Waals surface area contributed by atoms with Crippen molar-refractivity contribution in [3.8, 4) is 0 Å². The molecule has 2 N–H and O–H groups in total. The molecule has 0 saturated carbocycles. The molecule has 22 heavy (non-hydrogen) atoms. The fourth-order valence-corrected chi connectivity index (χ4v) is 3.03. The van der Waals surface area contributed by atoms with E-state index in [0.717, 1.165) is 16.7 Å². The average Bonchev–Trinajstić information content (AvgIpc) is 2.43. The number of hydrogen-bond donors (Lipinski definition) is 2. The summed E-state index contributed by atoms with van der Waals surface area (Å²) in [5, 5.41) is 12.1. The van der Waals surface area contributed by atoms with Crippen molar-refractivity contribution < 1.29 is 19.4 Å². The standard InChI is InChI=1S/C17H23NO4/c1-12-4-3-5-13(2)14(12)10-15(19)18-17(11-16(20)21)6-8-22-9-7-17/h3-5H,6-11H2,1-2H3,(H,18,19)(H,20,21). The maximum atomic E-state index is 12.4. The van der Waals surface area contributed by atoms with E-state index in [1.54, 1.807) is 0 Å². The predicted molar refractivity (Wildman–Crippen MR) is 82.8 cm³/mol. The second-order valence-electron chi connectivity index (χ2n) is 6.06. The first kappa shape index (κ1) is 16.5. The number of carboxylic acid groups (broad SMARTS) is 1. The summed E-state index contributed by atoms with van der Waals surface area (Å²) >= 11 is 0. The molecule has 0 aliphatic carbocycles. The Morgan fingerprint density at radius 1 is 1.23 bits per heavy atom. The van der Waals surface area contributed by atoms with Gasteiger partial charge in [0.05, 0.1) is 18.4 Å². The molecule has 2 rings (SSSR count). The molecule has 0 radical (unpaired) electrons. The quantitative estimate of drug-likeness (QED) is 0.872. The molecule has 120 valence electrons. The molecule has 5 heteroatoms. The molecule has 5 nitrogen and oxygen atoms in total. The van der Waals surface area contributed by atoms with E-state index in [-0.39, 0.29) is 18.7 Å². The third kappa shape index (κ3) is 4.07. The Hall–Kier alpha value is -1.88. The molecule has 0 bridgehead atoms. The van der Waals surface area contributed by atoms with Gasteiger partial charge in [-0.2, -0.15) is 0 Å². The largest absolute Gasteiger partial charge is 0.481 e. The summed E-state index contributed by atoms with van der Waals surface area (Å²) in [6.45, 7) is 4.93. The summed E-state index contributed by atoms with van der Waals surface area (Å²) < 4.78 is 5.30. The van der Waals surface area contributed by atoms with Crippen molar-refractivity contribution in [2.75, 3.05) is 13.2 Å². The van der Waals surface area contributed by atoms with E-state index in [0.29, 0.717) is 26.1 Å². The van der Waals surface area contributed by atoms with Crippen LogP contribution in [-0.4, -0.2) is 35.7 Å². The minimum absolute atomic E-state index is 0.0607. The van der Waals surface area contributed by atoms with Crippen LogP contribution in [-0.2, 0) is 20.7 Å². The summed E-state index contributed by atoms with van der Waals surface area (Å²) in [5.74, 6) is -1.02. The van der Waals surface area contributed by atoms with Crippen molar-refractivity contribution in [2.24, 2.45) is 0 Å². The molecule has 1 aromatic carbocycles. The third-order valence-corrected chi connectivity index (χ3v) is 4.33. The minimum atomic E-state index is -0.894. The maximum absolute atomic E-state index is 12.4. The van der Waals surface area contributed by atoms with Crippen molar-refractivity contribution in [2.45, 2.75) is 45.1 Å². The highest BCUT2D eigenvalue weighted by molar-refractivity contribution is 5.81. The number of hydrogen-bond acceptors (Lipinski definition) is 3. The van der Waals surface area contributed by atoms with Crippen LogP contribution in [0.4, 0.5) is 0 Å². The Balaban J connectivity index is 2.09. The second-order valence-corrected chi connectivity index (χ2v) is 6.06. The van der Waals surface area contributed by atoms with Gasteiger partial charge < -0.3 is 15.2 Å². The van der Waals surface area contributed by atoms with Crippen LogP contribution in [0.3, 0.4) is 0 Å². The molecule has 1 amide bonds. The fourth-order valence-electron chi connectivity index (χ4n) is 3.03. The highest BCUT2D eigenvalue weighted by atomic mass is 16.5. The molecule has 1 saturated heterocycles. The summed E-state index contributed by atoms with van der Waals surface area (Å²) in [4.78, 5) is 23.6. The van der Waals surface area contributed by atoms with Gasteiger partial charge in [0.1, 0.15) is 0 Å². The van der Waals surface area contributed by atoms with E-state index in [1.807, 2.05) is 32.0 Å². The Labute approximate surface area is 130 Å². The van der Waals surface area contributed by atoms with E-state index in [2.05, 4.69) is 5.32 Å². The molecule has 1 aliphatic heterocycles. The van der Waals surface area contributed by atoms with Gasteiger partial charge in [-0.15, -0.1) is 0 Å². The lowest BCUT2D eigenvalue weighted by atomic mass is 9.86. The lowest BCUT2D eigenvalue weighted by Crippen LogP contribution is -2.53. The van der Waals surface area contributed by atoms with Gasteiger partial charge in [-0.05, 0) is 43.4 Å². The van der Waals surface area contributed by atoms with Crippen molar-refractivity contribution >= 4 is 11.9 Å². The van der Waals surface area contributed by atoms with Crippen molar-refractivity contribution in [3.05, 3.63) is 34.9 Å². The number of nitrogens with one attached hydrogen (secondary N) is 1. The number of aliphatic carboxylic acids is 1. The number of aryl methyl sites for hydroxylation is 2. The number of carbonyl (C=O) groups excluding carboxylic acids is 1. The normalized spacial score (nSPS) is 17.0. The lowest BCUT2D eigenvalue weighted by molar-refractivity contribution is -0.140. The Bertz CT molecular complexity index is 542. The smallest absolute Gasteiger partial charge is 0.305 e. The first-order valence-corrected chi connectivity index (χ1v) is 7.57. The molecule has 0 unspecified atom stereocenters. The molecular weight excluding hydrogens is 282 g/mol. The number of benzene rings is 1. The molecule has 1 aliphatic rings. The van der Waals surface area contributed by atoms with Crippen LogP contribution in [0.5, 0.6) is 0 Å². The van der Waals surface area contributed by atoms with Gasteiger partial charge in [0.2, 0.25) is 5.91 Å². The van der Waals surface area contributed by atoms with Crippen LogP contribution in [0, 0.1) is 13.8 Å². The van der Waals surface area contributed by atoms with Gasteiger partial charge in [-0.3, -0.25) is 9.59 Å². The average molecular weight is 305 g/mol. The van der Waals surface area contributed by atoms with Gasteiger partial charge in [0, 0.05) is 13.2 Å². The number of carboxylic acids is 1. The van der Waals surface area contributed by atoms with Crippen molar-refractivity contribution in [3.63, 3.8) is 0 Å². The van der Waals surface area contributed by atoms with Crippen LogP contribution in [0.25, 0.3) is 0 Å². The Kier molecular flexibility index (Phi) is 5.19. The van der Waals surface area contributed by atoms with Gasteiger partial charge >= 0.3 is 5.97 Å².